The zero-order valence-corrected chi connectivity index (χ0v) is 18.4. The summed E-state index contributed by atoms with van der Waals surface area (Å²) in [5.74, 6) is 1.60. The average Bonchev–Trinajstić information content (AvgIpc) is 3.49. The highest BCUT2D eigenvalue weighted by molar-refractivity contribution is 5.76. The predicted molar refractivity (Wildman–Crippen MR) is 126 cm³/mol. The molecule has 1 aliphatic heterocycles. The minimum absolute atomic E-state index is 0.439. The zero-order valence-electron chi connectivity index (χ0n) is 18.4. The van der Waals surface area contributed by atoms with Gasteiger partial charge in [-0.05, 0) is 61.4 Å². The number of ether oxygens (including phenoxy) is 2. The summed E-state index contributed by atoms with van der Waals surface area (Å²) in [7, 11) is 1.67. The molecule has 0 saturated heterocycles. The van der Waals surface area contributed by atoms with E-state index < -0.39 is 0 Å². The van der Waals surface area contributed by atoms with Gasteiger partial charge in [0.1, 0.15) is 18.1 Å². The van der Waals surface area contributed by atoms with Crippen LogP contribution in [0.4, 0.5) is 0 Å². The Kier molecular flexibility index (Phi) is 5.15. The summed E-state index contributed by atoms with van der Waals surface area (Å²) < 4.78 is 11.6. The van der Waals surface area contributed by atoms with Crippen LogP contribution in [0, 0.1) is 13.8 Å². The number of methoxy groups -OCH3 is 1. The fraction of sp³-hybridized carbons (Fsp3) is 0.148. The number of rotatable bonds is 5. The van der Waals surface area contributed by atoms with E-state index in [1.54, 1.807) is 7.11 Å². The van der Waals surface area contributed by atoms with Gasteiger partial charge in [0, 0.05) is 22.7 Å². The van der Waals surface area contributed by atoms with Gasteiger partial charge in [-0.15, -0.1) is 0 Å². The largest absolute Gasteiger partial charge is 0.497 e. The van der Waals surface area contributed by atoms with Gasteiger partial charge in [-0.1, -0.05) is 30.3 Å². The summed E-state index contributed by atoms with van der Waals surface area (Å²) in [6, 6.07) is 20.2. The lowest BCUT2D eigenvalue weighted by molar-refractivity contribution is 0.303. The van der Waals surface area contributed by atoms with Gasteiger partial charge in [-0.25, -0.2) is 4.99 Å². The molecule has 0 unspecified atom stereocenters. The maximum absolute atomic E-state index is 6.26. The molecule has 5 nitrogen and oxygen atoms in total. The van der Waals surface area contributed by atoms with E-state index in [9.17, 15) is 0 Å². The molecule has 0 aliphatic carbocycles. The van der Waals surface area contributed by atoms with Crippen LogP contribution < -0.4 is 30.7 Å². The molecular formula is C27H25N3O2. The molecule has 2 N–H and O–H groups in total. The van der Waals surface area contributed by atoms with Crippen LogP contribution in [0.3, 0.4) is 0 Å². The van der Waals surface area contributed by atoms with Crippen LogP contribution in [0.5, 0.6) is 11.5 Å². The number of benzene rings is 2. The number of hydrogen-bond acceptors (Lipinski definition) is 3. The Morgan fingerprint density at radius 3 is 2.62 bits per heavy atom. The van der Waals surface area contributed by atoms with Crippen LogP contribution in [0.25, 0.3) is 17.8 Å². The smallest absolute Gasteiger partial charge is 0.145 e. The standard InChI is InChI=1S/C27H25N3O2/c1-17-11-18(2)28-23(17)14-26-27(32-16-19-7-6-9-21(12-19)31-3)15-25(30-26)24-13-20-8-4-5-10-22(20)29-24/h4-15,28,30H,16H2,1-3H3/b25-24-,26-14-. The summed E-state index contributed by atoms with van der Waals surface area (Å²) in [6.07, 6.45) is 4.19. The van der Waals surface area contributed by atoms with Crippen molar-refractivity contribution in [1.82, 2.24) is 9.97 Å². The summed E-state index contributed by atoms with van der Waals surface area (Å²) in [5.41, 5.74) is 5.32. The van der Waals surface area contributed by atoms with Crippen LogP contribution in [-0.4, -0.2) is 17.1 Å². The topological polar surface area (TPSA) is 62.4 Å². The van der Waals surface area contributed by atoms with Gasteiger partial charge < -0.3 is 19.4 Å². The maximum Gasteiger partial charge on any atom is 0.145 e. The highest BCUT2D eigenvalue weighted by Crippen LogP contribution is 2.15. The molecule has 5 heteroatoms. The number of nitrogens with zero attached hydrogens (tertiary/aromatic N) is 1. The van der Waals surface area contributed by atoms with Crippen LogP contribution in [0.15, 0.2) is 65.7 Å². The fourth-order valence-corrected chi connectivity index (χ4v) is 3.94. The second-order valence-electron chi connectivity index (χ2n) is 7.99. The molecular weight excluding hydrogens is 398 g/mol. The van der Waals surface area contributed by atoms with Crippen molar-refractivity contribution in [2.45, 2.75) is 20.5 Å². The van der Waals surface area contributed by atoms with Crippen molar-refractivity contribution in [3.63, 3.8) is 0 Å². The third-order valence-corrected chi connectivity index (χ3v) is 5.56. The lowest BCUT2D eigenvalue weighted by atomic mass is 10.2. The van der Waals surface area contributed by atoms with Gasteiger partial charge in [-0.3, -0.25) is 0 Å². The van der Waals surface area contributed by atoms with E-state index in [2.05, 4.69) is 48.1 Å². The van der Waals surface area contributed by atoms with Crippen LogP contribution in [0.2, 0.25) is 0 Å². The molecule has 5 rings (SSSR count). The number of aromatic amines is 2. The normalized spacial score (nSPS) is 14.7. The Morgan fingerprint density at radius 2 is 1.84 bits per heavy atom. The van der Waals surface area contributed by atoms with Gasteiger partial charge >= 0.3 is 0 Å². The second-order valence-corrected chi connectivity index (χ2v) is 7.99. The van der Waals surface area contributed by atoms with E-state index in [0.717, 1.165) is 55.4 Å². The van der Waals surface area contributed by atoms with Crippen molar-refractivity contribution in [2.75, 3.05) is 7.11 Å². The van der Waals surface area contributed by atoms with Gasteiger partial charge in [-0.2, -0.15) is 0 Å². The summed E-state index contributed by atoms with van der Waals surface area (Å²) in [4.78, 5) is 11.7. The molecule has 3 heterocycles. The van der Waals surface area contributed by atoms with Crippen molar-refractivity contribution in [3.05, 3.63) is 104 Å². The van der Waals surface area contributed by atoms with Gasteiger partial charge in [0.2, 0.25) is 0 Å². The number of fused-ring (bicyclic) bond motifs is 1. The minimum Gasteiger partial charge on any atom is -0.497 e. The van der Waals surface area contributed by atoms with E-state index in [4.69, 9.17) is 14.5 Å². The Balaban J connectivity index is 1.59. The van der Waals surface area contributed by atoms with Crippen LogP contribution >= 0.6 is 0 Å². The van der Waals surface area contributed by atoms with E-state index in [1.807, 2.05) is 48.5 Å². The second kappa shape index (κ2) is 8.27. The van der Waals surface area contributed by atoms with E-state index in [0.29, 0.717) is 6.61 Å². The monoisotopic (exact) mass is 423 g/mol. The predicted octanol–water partition coefficient (Wildman–Crippen LogP) is 2.60. The first kappa shape index (κ1) is 19.9. The van der Waals surface area contributed by atoms with Gasteiger partial charge in [0.05, 0.1) is 28.9 Å². The lowest BCUT2D eigenvalue weighted by Crippen LogP contribution is -2.19. The molecule has 0 amide bonds. The third-order valence-electron chi connectivity index (χ3n) is 5.56. The van der Waals surface area contributed by atoms with Crippen molar-refractivity contribution in [2.24, 2.45) is 4.99 Å². The number of aryl methyl sites for hydroxylation is 2. The van der Waals surface area contributed by atoms with Crippen molar-refractivity contribution >= 4 is 17.8 Å². The number of H-pyrrole nitrogens is 2. The first-order valence-corrected chi connectivity index (χ1v) is 10.6. The molecule has 2 aromatic heterocycles. The molecule has 0 spiro atoms. The SMILES string of the molecule is COc1cccc(COc2c/c(=C3\C=c4ccccc4=N3)[nH]/c2=C\c2[nH]c(C)cc2C)c1. The number of nitrogens with one attached hydrogen (secondary N) is 2. The third kappa shape index (κ3) is 3.97. The first-order chi connectivity index (χ1) is 15.6. The summed E-state index contributed by atoms with van der Waals surface area (Å²) in [5, 5.41) is 3.93. The van der Waals surface area contributed by atoms with E-state index >= 15 is 0 Å². The zero-order chi connectivity index (χ0) is 22.1. The molecule has 32 heavy (non-hydrogen) atoms. The lowest BCUT2D eigenvalue weighted by Gasteiger charge is -2.06. The van der Waals surface area contributed by atoms with Crippen LogP contribution in [-0.2, 0) is 6.61 Å². The molecule has 0 bridgehead atoms. The molecule has 160 valence electrons. The maximum atomic E-state index is 6.26. The molecule has 4 aromatic rings. The van der Waals surface area contributed by atoms with Gasteiger partial charge in [0.25, 0.3) is 0 Å². The first-order valence-electron chi connectivity index (χ1n) is 10.6. The average molecular weight is 424 g/mol. The Bertz CT molecular complexity index is 1500. The van der Waals surface area contributed by atoms with Crippen LogP contribution in [0.1, 0.15) is 22.5 Å². The fourth-order valence-electron chi connectivity index (χ4n) is 3.94. The van der Waals surface area contributed by atoms with E-state index in [1.165, 1.54) is 5.56 Å². The highest BCUT2D eigenvalue weighted by atomic mass is 16.5. The molecule has 0 radical (unpaired) electrons. The quantitative estimate of drug-likeness (QED) is 0.518. The van der Waals surface area contributed by atoms with E-state index in [-0.39, 0.29) is 0 Å². The van der Waals surface area contributed by atoms with Crippen molar-refractivity contribution in [3.8, 4) is 11.5 Å². The molecule has 0 atom stereocenters. The molecule has 0 fully saturated rings. The van der Waals surface area contributed by atoms with Crippen molar-refractivity contribution < 1.29 is 9.47 Å². The van der Waals surface area contributed by atoms with Crippen molar-refractivity contribution in [1.29, 1.82) is 0 Å². The number of hydrogen-bond donors (Lipinski definition) is 2. The van der Waals surface area contributed by atoms with Gasteiger partial charge in [0.15, 0.2) is 0 Å². The summed E-state index contributed by atoms with van der Waals surface area (Å²) in [6.45, 7) is 4.60. The Morgan fingerprint density at radius 1 is 0.969 bits per heavy atom. The Labute approximate surface area is 186 Å². The minimum atomic E-state index is 0.439. The highest BCUT2D eigenvalue weighted by Gasteiger charge is 2.08. The Hall–Kier alpha value is -3.99. The number of aromatic nitrogens is 2. The summed E-state index contributed by atoms with van der Waals surface area (Å²) >= 11 is 0. The number of para-hydroxylation sites is 1. The molecule has 2 aromatic carbocycles. The molecule has 0 saturated carbocycles. The molecule has 1 aliphatic rings.